The van der Waals surface area contributed by atoms with Gasteiger partial charge in [-0.2, -0.15) is 0 Å². The Morgan fingerprint density at radius 2 is 2.05 bits per heavy atom. The number of aliphatic hydroxyl groups excluding tert-OH is 1. The number of likely N-dealkylation sites (N-methyl/N-ethyl adjacent to an activating group) is 1. The van der Waals surface area contributed by atoms with Crippen LogP contribution in [0.25, 0.3) is 0 Å². The molecule has 0 saturated heterocycles. The van der Waals surface area contributed by atoms with E-state index in [0.717, 1.165) is 10.6 Å². The molecule has 5 heteroatoms. The van der Waals surface area contributed by atoms with Crippen molar-refractivity contribution in [2.75, 3.05) is 20.8 Å². The Hall–Kier alpha value is -1.43. The number of ether oxygens (including phenoxy) is 1. The predicted octanol–water partition coefficient (Wildman–Crippen LogP) is 1.36. The maximum atomic E-state index is 12.0. The van der Waals surface area contributed by atoms with E-state index in [9.17, 15) is 4.79 Å². The van der Waals surface area contributed by atoms with Crippen molar-refractivity contribution in [3.05, 3.63) is 35.9 Å². The Morgan fingerprint density at radius 3 is 2.63 bits per heavy atom. The second-order valence-corrected chi connectivity index (χ2v) is 4.17. The largest absolute Gasteiger partial charge is 0.396 e. The molecule has 0 aliphatic heterocycles. The number of aliphatic hydroxyl groups is 1. The van der Waals surface area contributed by atoms with Crippen molar-refractivity contribution in [2.45, 2.75) is 25.6 Å². The summed E-state index contributed by atoms with van der Waals surface area (Å²) in [4.78, 5) is 16.9. The minimum absolute atomic E-state index is 0.0369. The fourth-order valence-corrected chi connectivity index (χ4v) is 1.62. The fourth-order valence-electron chi connectivity index (χ4n) is 1.62. The smallest absolute Gasteiger partial charge is 0.274 e. The minimum Gasteiger partial charge on any atom is -0.396 e. The molecule has 0 aliphatic rings. The number of amides is 1. The number of hydrogen-bond acceptors (Lipinski definition) is 4. The first kappa shape index (κ1) is 15.6. The quantitative estimate of drug-likeness (QED) is 0.723. The first-order chi connectivity index (χ1) is 9.19. The van der Waals surface area contributed by atoms with Crippen molar-refractivity contribution in [1.29, 1.82) is 0 Å². The summed E-state index contributed by atoms with van der Waals surface area (Å²) in [6.07, 6.45) is 0.385. The van der Waals surface area contributed by atoms with Crippen molar-refractivity contribution in [1.82, 2.24) is 5.06 Å². The normalized spacial score (nSPS) is 12.2. The lowest BCUT2D eigenvalue weighted by molar-refractivity contribution is -0.182. The third-order valence-corrected chi connectivity index (χ3v) is 2.78. The molecule has 1 N–H and O–H groups in total. The van der Waals surface area contributed by atoms with Gasteiger partial charge in [0.25, 0.3) is 5.91 Å². The Labute approximate surface area is 113 Å². The molecule has 0 unspecified atom stereocenters. The van der Waals surface area contributed by atoms with Crippen LogP contribution in [0.2, 0.25) is 0 Å². The first-order valence-electron chi connectivity index (χ1n) is 6.27. The molecule has 0 heterocycles. The molecule has 0 aromatic heterocycles. The number of hydrogen-bond donors (Lipinski definition) is 1. The molecule has 0 bridgehead atoms. The van der Waals surface area contributed by atoms with E-state index in [1.54, 1.807) is 7.05 Å². The third kappa shape index (κ3) is 5.38. The molecule has 5 nitrogen and oxygen atoms in total. The molecule has 0 radical (unpaired) electrons. The molecule has 0 fully saturated rings. The molecule has 19 heavy (non-hydrogen) atoms. The van der Waals surface area contributed by atoms with Crippen molar-refractivity contribution < 1.29 is 19.5 Å². The van der Waals surface area contributed by atoms with Gasteiger partial charge >= 0.3 is 0 Å². The standard InChI is InChI=1S/C14H21NO4/c1-15(18-2)14(17)13(9-6-10-16)19-11-12-7-4-3-5-8-12/h3-5,7-8,13,16H,6,9-11H2,1-2H3/t13-/m0/s1. The maximum Gasteiger partial charge on any atom is 0.274 e. The summed E-state index contributed by atoms with van der Waals surface area (Å²) in [5.41, 5.74) is 1.00. The summed E-state index contributed by atoms with van der Waals surface area (Å²) >= 11 is 0. The molecule has 0 spiro atoms. The number of hydroxylamine groups is 2. The van der Waals surface area contributed by atoms with Crippen LogP contribution in [0.4, 0.5) is 0 Å². The molecular formula is C14H21NO4. The van der Waals surface area contributed by atoms with Gasteiger partial charge in [-0.15, -0.1) is 0 Å². The third-order valence-electron chi connectivity index (χ3n) is 2.78. The van der Waals surface area contributed by atoms with Gasteiger partial charge < -0.3 is 9.84 Å². The summed E-state index contributed by atoms with van der Waals surface area (Å²) in [5, 5.41) is 10.0. The molecule has 1 amide bonds. The molecule has 106 valence electrons. The Balaban J connectivity index is 2.56. The highest BCUT2D eigenvalue weighted by molar-refractivity contribution is 5.79. The molecule has 1 atom stereocenters. The van der Waals surface area contributed by atoms with Gasteiger partial charge in [-0.1, -0.05) is 30.3 Å². The van der Waals surface area contributed by atoms with E-state index in [2.05, 4.69) is 0 Å². The topological polar surface area (TPSA) is 59.0 Å². The zero-order chi connectivity index (χ0) is 14.1. The van der Waals surface area contributed by atoms with Crippen LogP contribution in [0.3, 0.4) is 0 Å². The lowest BCUT2D eigenvalue weighted by Crippen LogP contribution is -2.37. The molecule has 0 saturated carbocycles. The zero-order valence-electron chi connectivity index (χ0n) is 11.4. The lowest BCUT2D eigenvalue weighted by Gasteiger charge is -2.22. The molecule has 0 aliphatic carbocycles. The van der Waals surface area contributed by atoms with Gasteiger partial charge in [-0.25, -0.2) is 5.06 Å². The van der Waals surface area contributed by atoms with Gasteiger partial charge in [0.1, 0.15) is 6.10 Å². The molecule has 1 aromatic rings. The summed E-state index contributed by atoms with van der Waals surface area (Å²) in [7, 11) is 2.97. The predicted molar refractivity (Wildman–Crippen MR) is 71.1 cm³/mol. The van der Waals surface area contributed by atoms with Gasteiger partial charge in [0.05, 0.1) is 13.7 Å². The zero-order valence-corrected chi connectivity index (χ0v) is 11.4. The monoisotopic (exact) mass is 267 g/mol. The summed E-state index contributed by atoms with van der Waals surface area (Å²) in [6, 6.07) is 9.65. The van der Waals surface area contributed by atoms with E-state index < -0.39 is 6.10 Å². The second kappa shape index (κ2) is 8.63. The molecule has 1 aromatic carbocycles. The second-order valence-electron chi connectivity index (χ2n) is 4.17. The van der Waals surface area contributed by atoms with Gasteiger partial charge in [0, 0.05) is 13.7 Å². The van der Waals surface area contributed by atoms with Crippen LogP contribution in [-0.4, -0.2) is 42.9 Å². The SMILES string of the molecule is CON(C)C(=O)[C@H](CCCO)OCc1ccccc1. The van der Waals surface area contributed by atoms with Gasteiger partial charge in [0.15, 0.2) is 0 Å². The van der Waals surface area contributed by atoms with Gasteiger partial charge in [0.2, 0.25) is 0 Å². The number of rotatable bonds is 8. The lowest BCUT2D eigenvalue weighted by atomic mass is 10.2. The van der Waals surface area contributed by atoms with Crippen molar-refractivity contribution in [3.63, 3.8) is 0 Å². The Bertz CT molecular complexity index is 369. The van der Waals surface area contributed by atoms with Crippen LogP contribution in [0, 0.1) is 0 Å². The number of carbonyl (C=O) groups excluding carboxylic acids is 1. The van der Waals surface area contributed by atoms with Crippen LogP contribution < -0.4 is 0 Å². The Morgan fingerprint density at radius 1 is 1.37 bits per heavy atom. The molecule has 1 rings (SSSR count). The average molecular weight is 267 g/mol. The fraction of sp³-hybridized carbons (Fsp3) is 0.500. The van der Waals surface area contributed by atoms with E-state index >= 15 is 0 Å². The van der Waals surface area contributed by atoms with E-state index in [-0.39, 0.29) is 12.5 Å². The number of benzene rings is 1. The number of carbonyl (C=O) groups is 1. The van der Waals surface area contributed by atoms with E-state index in [1.807, 2.05) is 30.3 Å². The minimum atomic E-state index is -0.600. The molecular weight excluding hydrogens is 246 g/mol. The van der Waals surface area contributed by atoms with E-state index in [1.165, 1.54) is 7.11 Å². The summed E-state index contributed by atoms with van der Waals surface area (Å²) in [6.45, 7) is 0.398. The Kier molecular flexibility index (Phi) is 7.10. The number of nitrogens with zero attached hydrogens (tertiary/aromatic N) is 1. The maximum absolute atomic E-state index is 12.0. The first-order valence-corrected chi connectivity index (χ1v) is 6.27. The summed E-state index contributed by atoms with van der Waals surface area (Å²) in [5.74, 6) is -0.244. The van der Waals surface area contributed by atoms with E-state index in [4.69, 9.17) is 14.7 Å². The van der Waals surface area contributed by atoms with Crippen molar-refractivity contribution in [3.8, 4) is 0 Å². The summed E-state index contributed by atoms with van der Waals surface area (Å²) < 4.78 is 5.63. The van der Waals surface area contributed by atoms with E-state index in [0.29, 0.717) is 19.4 Å². The van der Waals surface area contributed by atoms with Crippen LogP contribution in [0.15, 0.2) is 30.3 Å². The highest BCUT2D eigenvalue weighted by atomic mass is 16.7. The van der Waals surface area contributed by atoms with Gasteiger partial charge in [-0.05, 0) is 18.4 Å². The van der Waals surface area contributed by atoms with Gasteiger partial charge in [-0.3, -0.25) is 9.63 Å². The van der Waals surface area contributed by atoms with Crippen LogP contribution >= 0.6 is 0 Å². The van der Waals surface area contributed by atoms with Crippen LogP contribution in [0.1, 0.15) is 18.4 Å². The van der Waals surface area contributed by atoms with Crippen molar-refractivity contribution >= 4 is 5.91 Å². The van der Waals surface area contributed by atoms with Crippen LogP contribution in [-0.2, 0) is 21.0 Å². The highest BCUT2D eigenvalue weighted by Gasteiger charge is 2.22. The highest BCUT2D eigenvalue weighted by Crippen LogP contribution is 2.10. The van der Waals surface area contributed by atoms with Crippen LogP contribution in [0.5, 0.6) is 0 Å². The van der Waals surface area contributed by atoms with Crippen molar-refractivity contribution in [2.24, 2.45) is 0 Å². The average Bonchev–Trinajstić information content (AvgIpc) is 2.47.